The minimum absolute atomic E-state index is 0.228. The number of carbonyl (C=O) groups excluding carboxylic acids is 1. The third-order valence-electron chi connectivity index (χ3n) is 2.23. The molecule has 0 saturated heterocycles. The molecule has 1 aromatic rings. The van der Waals surface area contributed by atoms with Gasteiger partial charge in [-0.15, -0.1) is 5.16 Å². The van der Waals surface area contributed by atoms with Crippen LogP contribution in [0, 0.1) is 0 Å². The molecule has 5 nitrogen and oxygen atoms in total. The van der Waals surface area contributed by atoms with Crippen LogP contribution < -0.4 is 4.90 Å². The Morgan fingerprint density at radius 1 is 1.44 bits per heavy atom. The Labute approximate surface area is 108 Å². The van der Waals surface area contributed by atoms with E-state index in [0.717, 1.165) is 5.56 Å². The lowest BCUT2D eigenvalue weighted by Gasteiger charge is -2.18. The Hall–Kier alpha value is -1.98. The van der Waals surface area contributed by atoms with E-state index >= 15 is 0 Å². The predicted octanol–water partition coefficient (Wildman–Crippen LogP) is 1.91. The topological polar surface area (TPSA) is 51.1 Å². The van der Waals surface area contributed by atoms with Gasteiger partial charge in [0.1, 0.15) is 14.5 Å². The Bertz CT molecular complexity index is 445. The van der Waals surface area contributed by atoms with Gasteiger partial charge in [-0.3, -0.25) is 4.90 Å². The predicted molar refractivity (Wildman–Crippen MR) is 70.9 cm³/mol. The molecular formula is C12H15BN2O3. The molecule has 0 bridgehead atoms. The van der Waals surface area contributed by atoms with E-state index in [1.807, 2.05) is 18.2 Å². The molecule has 0 aromatic heterocycles. The fraction of sp³-hybridized carbons (Fsp3) is 0.333. The Morgan fingerprint density at radius 2 is 2.11 bits per heavy atom. The monoisotopic (exact) mass is 246 g/mol. The second kappa shape index (κ2) is 6.69. The van der Waals surface area contributed by atoms with Crippen molar-refractivity contribution in [2.45, 2.75) is 13.5 Å². The van der Waals surface area contributed by atoms with Crippen molar-refractivity contribution in [1.82, 2.24) is 0 Å². The van der Waals surface area contributed by atoms with Gasteiger partial charge >= 0.3 is 6.09 Å². The second-order valence-electron chi connectivity index (χ2n) is 3.66. The number of hydrogen-bond acceptors (Lipinski definition) is 4. The number of para-hydroxylation sites is 1. The van der Waals surface area contributed by atoms with Gasteiger partial charge in [0.2, 0.25) is 0 Å². The number of rotatable bonds is 4. The zero-order valence-electron chi connectivity index (χ0n) is 10.7. The van der Waals surface area contributed by atoms with Crippen molar-refractivity contribution in [2.24, 2.45) is 5.16 Å². The Balaban J connectivity index is 2.85. The van der Waals surface area contributed by atoms with Crippen LogP contribution in [0.2, 0.25) is 0 Å². The number of amides is 1. The lowest BCUT2D eigenvalue weighted by molar-refractivity contribution is 0.131. The number of nitrogens with zero attached hydrogens (tertiary/aromatic N) is 2. The van der Waals surface area contributed by atoms with Crippen molar-refractivity contribution < 1.29 is 14.4 Å². The first-order valence-corrected chi connectivity index (χ1v) is 5.38. The van der Waals surface area contributed by atoms with Gasteiger partial charge in [0.05, 0.1) is 12.8 Å². The standard InChI is InChI=1S/C12H15BN2O3/c1-9(13)14-18-8-10-6-4-5-7-11(10)15(2)12(16)17-3/h4-7H,8H2,1-3H3/b14-9-. The fourth-order valence-electron chi connectivity index (χ4n) is 1.40. The summed E-state index contributed by atoms with van der Waals surface area (Å²) in [6, 6.07) is 7.33. The zero-order valence-corrected chi connectivity index (χ0v) is 10.7. The SMILES string of the molecule is [B]/C(C)=N\OCc1ccccc1N(C)C(=O)OC. The molecule has 0 aliphatic heterocycles. The van der Waals surface area contributed by atoms with Crippen LogP contribution in [0.4, 0.5) is 10.5 Å². The van der Waals surface area contributed by atoms with Crippen LogP contribution >= 0.6 is 0 Å². The lowest BCUT2D eigenvalue weighted by Crippen LogP contribution is -2.26. The molecule has 0 saturated carbocycles. The molecular weight excluding hydrogens is 231 g/mol. The molecule has 0 aliphatic carbocycles. The first-order valence-electron chi connectivity index (χ1n) is 5.38. The summed E-state index contributed by atoms with van der Waals surface area (Å²) in [7, 11) is 8.33. The van der Waals surface area contributed by atoms with Crippen molar-refractivity contribution in [3.05, 3.63) is 29.8 Å². The van der Waals surface area contributed by atoms with Crippen LogP contribution in [0.1, 0.15) is 12.5 Å². The van der Waals surface area contributed by atoms with E-state index in [2.05, 4.69) is 9.89 Å². The van der Waals surface area contributed by atoms with Gasteiger partial charge in [-0.1, -0.05) is 18.2 Å². The average Bonchev–Trinajstić information content (AvgIpc) is 2.37. The van der Waals surface area contributed by atoms with Crippen LogP contribution in [0.15, 0.2) is 29.4 Å². The van der Waals surface area contributed by atoms with Gasteiger partial charge in [-0.05, 0) is 13.0 Å². The van der Waals surface area contributed by atoms with Crippen LogP contribution in [0.3, 0.4) is 0 Å². The van der Waals surface area contributed by atoms with Crippen LogP contribution in [0.5, 0.6) is 0 Å². The summed E-state index contributed by atoms with van der Waals surface area (Å²) < 4.78 is 4.66. The number of anilines is 1. The highest BCUT2D eigenvalue weighted by molar-refractivity contribution is 6.58. The summed E-state index contributed by atoms with van der Waals surface area (Å²) in [5.41, 5.74) is 1.86. The average molecular weight is 246 g/mol. The van der Waals surface area contributed by atoms with E-state index in [9.17, 15) is 4.79 Å². The molecule has 0 fully saturated rings. The van der Waals surface area contributed by atoms with Crippen molar-refractivity contribution in [1.29, 1.82) is 0 Å². The number of hydrogen-bond donors (Lipinski definition) is 0. The number of carbonyl (C=O) groups is 1. The highest BCUT2D eigenvalue weighted by Gasteiger charge is 2.14. The molecule has 1 amide bonds. The number of methoxy groups -OCH3 is 1. The van der Waals surface area contributed by atoms with Crippen molar-refractivity contribution >= 4 is 25.2 Å². The first-order chi connectivity index (χ1) is 8.56. The molecule has 0 spiro atoms. The van der Waals surface area contributed by atoms with Crippen LogP contribution in [-0.2, 0) is 16.2 Å². The molecule has 1 aromatic carbocycles. The molecule has 1 rings (SSSR count). The van der Waals surface area contributed by atoms with E-state index in [1.165, 1.54) is 12.0 Å². The number of ether oxygens (including phenoxy) is 1. The molecule has 2 radical (unpaired) electrons. The quantitative estimate of drug-likeness (QED) is 0.463. The minimum Gasteiger partial charge on any atom is -0.452 e. The van der Waals surface area contributed by atoms with E-state index in [0.29, 0.717) is 11.3 Å². The molecule has 0 aliphatic rings. The Morgan fingerprint density at radius 3 is 2.72 bits per heavy atom. The molecule has 6 heteroatoms. The van der Waals surface area contributed by atoms with Gasteiger partial charge < -0.3 is 9.57 Å². The lowest BCUT2D eigenvalue weighted by atomic mass is 10.1. The van der Waals surface area contributed by atoms with Crippen molar-refractivity contribution in [3.8, 4) is 0 Å². The van der Waals surface area contributed by atoms with Gasteiger partial charge in [-0.25, -0.2) is 4.79 Å². The van der Waals surface area contributed by atoms with E-state index in [4.69, 9.17) is 12.7 Å². The summed E-state index contributed by atoms with van der Waals surface area (Å²) in [5, 5.41) is 3.65. The zero-order chi connectivity index (χ0) is 13.5. The van der Waals surface area contributed by atoms with Crippen LogP contribution in [-0.4, -0.2) is 33.7 Å². The molecule has 0 unspecified atom stereocenters. The molecule has 0 heterocycles. The third-order valence-corrected chi connectivity index (χ3v) is 2.23. The van der Waals surface area contributed by atoms with Crippen LogP contribution in [0.25, 0.3) is 0 Å². The second-order valence-corrected chi connectivity index (χ2v) is 3.66. The van der Waals surface area contributed by atoms with Crippen molar-refractivity contribution in [2.75, 3.05) is 19.1 Å². The highest BCUT2D eigenvalue weighted by Crippen LogP contribution is 2.20. The molecule has 94 valence electrons. The van der Waals surface area contributed by atoms with E-state index in [1.54, 1.807) is 20.0 Å². The smallest absolute Gasteiger partial charge is 0.413 e. The van der Waals surface area contributed by atoms with Gasteiger partial charge in [0.15, 0.2) is 0 Å². The van der Waals surface area contributed by atoms with E-state index < -0.39 is 6.09 Å². The number of benzene rings is 1. The van der Waals surface area contributed by atoms with E-state index in [-0.39, 0.29) is 6.61 Å². The summed E-state index contributed by atoms with van der Waals surface area (Å²) in [6.45, 7) is 1.86. The summed E-state index contributed by atoms with van der Waals surface area (Å²) in [5.74, 6) is 0. The molecule has 0 N–H and O–H groups in total. The maximum Gasteiger partial charge on any atom is 0.413 e. The molecule has 0 atom stereocenters. The van der Waals surface area contributed by atoms with Gasteiger partial charge in [0.25, 0.3) is 0 Å². The van der Waals surface area contributed by atoms with Gasteiger partial charge in [-0.2, -0.15) is 0 Å². The third kappa shape index (κ3) is 3.80. The maximum atomic E-state index is 11.5. The maximum absolute atomic E-state index is 11.5. The molecule has 18 heavy (non-hydrogen) atoms. The summed E-state index contributed by atoms with van der Waals surface area (Å²) >= 11 is 0. The number of oxime groups is 1. The minimum atomic E-state index is -0.444. The summed E-state index contributed by atoms with van der Waals surface area (Å²) in [4.78, 5) is 17.9. The first kappa shape index (κ1) is 14.1. The summed E-state index contributed by atoms with van der Waals surface area (Å²) in [6.07, 6.45) is -0.444. The van der Waals surface area contributed by atoms with Gasteiger partial charge in [0, 0.05) is 18.2 Å². The largest absolute Gasteiger partial charge is 0.452 e. The normalized spacial score (nSPS) is 10.9. The fourth-order valence-corrected chi connectivity index (χ4v) is 1.40. The van der Waals surface area contributed by atoms with Crippen molar-refractivity contribution in [3.63, 3.8) is 0 Å². The highest BCUT2D eigenvalue weighted by atomic mass is 16.6. The Kier molecular flexibility index (Phi) is 5.23.